The summed E-state index contributed by atoms with van der Waals surface area (Å²) in [6.07, 6.45) is 1.15. The lowest BCUT2D eigenvalue weighted by Crippen LogP contribution is -2.48. The smallest absolute Gasteiger partial charge is 0.465 e. The molecule has 7 heteroatoms. The predicted octanol–water partition coefficient (Wildman–Crippen LogP) is 1.50. The van der Waals surface area contributed by atoms with Gasteiger partial charge in [-0.2, -0.15) is 0 Å². The number of ether oxygens (including phenoxy) is 1. The van der Waals surface area contributed by atoms with Gasteiger partial charge in [0.2, 0.25) is 0 Å². The van der Waals surface area contributed by atoms with Crippen LogP contribution in [0.1, 0.15) is 19.8 Å². The molecule has 3 saturated heterocycles. The molecule has 0 N–H and O–H groups in total. The summed E-state index contributed by atoms with van der Waals surface area (Å²) in [7, 11) is -3.27. The van der Waals surface area contributed by atoms with Crippen molar-refractivity contribution < 1.29 is 27.7 Å². The average molecular weight is 250 g/mol. The van der Waals surface area contributed by atoms with E-state index in [0.29, 0.717) is 6.42 Å². The number of fused-ring (bicyclic) bond motifs is 3. The van der Waals surface area contributed by atoms with Crippen LogP contribution >= 0.6 is 7.82 Å². The lowest BCUT2D eigenvalue weighted by atomic mass is 9.92. The molecule has 0 aromatic carbocycles. The SMILES string of the molecule is CCCC(=O)OCC12COP(=O)(OC1)OC2. The van der Waals surface area contributed by atoms with Crippen molar-refractivity contribution in [3.8, 4) is 0 Å². The number of hydrogen-bond donors (Lipinski definition) is 0. The Bertz CT molecular complexity index is 297. The first-order valence-electron chi connectivity index (χ1n) is 5.27. The number of esters is 1. The molecule has 16 heavy (non-hydrogen) atoms. The Morgan fingerprint density at radius 3 is 2.38 bits per heavy atom. The van der Waals surface area contributed by atoms with Gasteiger partial charge in [-0.05, 0) is 6.42 Å². The summed E-state index contributed by atoms with van der Waals surface area (Å²) in [6, 6.07) is 0. The third kappa shape index (κ3) is 2.46. The van der Waals surface area contributed by atoms with E-state index < -0.39 is 13.2 Å². The van der Waals surface area contributed by atoms with Gasteiger partial charge in [0.25, 0.3) is 0 Å². The van der Waals surface area contributed by atoms with Gasteiger partial charge in [-0.1, -0.05) is 6.92 Å². The highest BCUT2D eigenvalue weighted by molar-refractivity contribution is 7.48. The van der Waals surface area contributed by atoms with E-state index in [1.54, 1.807) is 0 Å². The second kappa shape index (κ2) is 4.45. The molecular formula is C9H15O6P. The molecule has 0 atom stereocenters. The van der Waals surface area contributed by atoms with Crippen molar-refractivity contribution in [2.24, 2.45) is 5.41 Å². The first-order valence-corrected chi connectivity index (χ1v) is 6.73. The third-order valence-electron chi connectivity index (χ3n) is 2.58. The van der Waals surface area contributed by atoms with Crippen LogP contribution in [0.4, 0.5) is 0 Å². The van der Waals surface area contributed by atoms with Crippen molar-refractivity contribution in [3.05, 3.63) is 0 Å². The lowest BCUT2D eigenvalue weighted by Gasteiger charge is -2.43. The summed E-state index contributed by atoms with van der Waals surface area (Å²) in [5.41, 5.74) is -0.491. The van der Waals surface area contributed by atoms with Gasteiger partial charge in [0.15, 0.2) is 0 Å². The Hall–Kier alpha value is -0.420. The highest BCUT2D eigenvalue weighted by Gasteiger charge is 2.51. The minimum atomic E-state index is -3.27. The largest absolute Gasteiger partial charge is 0.474 e. The van der Waals surface area contributed by atoms with Crippen molar-refractivity contribution in [2.75, 3.05) is 26.4 Å². The van der Waals surface area contributed by atoms with Crippen molar-refractivity contribution in [1.82, 2.24) is 0 Å². The molecule has 0 saturated carbocycles. The Morgan fingerprint density at radius 2 is 1.88 bits per heavy atom. The van der Waals surface area contributed by atoms with Crippen LogP contribution in [-0.4, -0.2) is 32.4 Å². The van der Waals surface area contributed by atoms with Crippen LogP contribution in [0.2, 0.25) is 0 Å². The second-order valence-corrected chi connectivity index (χ2v) is 5.85. The Labute approximate surface area is 93.8 Å². The summed E-state index contributed by atoms with van der Waals surface area (Å²) in [5, 5.41) is 0. The van der Waals surface area contributed by atoms with Crippen LogP contribution in [0.3, 0.4) is 0 Å². The summed E-state index contributed by atoms with van der Waals surface area (Å²) >= 11 is 0. The topological polar surface area (TPSA) is 71.1 Å². The first-order chi connectivity index (χ1) is 7.58. The highest BCUT2D eigenvalue weighted by atomic mass is 31.2. The number of carbonyl (C=O) groups is 1. The van der Waals surface area contributed by atoms with E-state index in [-0.39, 0.29) is 32.4 Å². The van der Waals surface area contributed by atoms with Crippen molar-refractivity contribution in [3.63, 3.8) is 0 Å². The number of phosphoric acid groups is 1. The Morgan fingerprint density at radius 1 is 1.31 bits per heavy atom. The average Bonchev–Trinajstić information content (AvgIpc) is 2.29. The molecule has 0 aliphatic carbocycles. The maximum atomic E-state index is 11.4. The van der Waals surface area contributed by atoms with E-state index in [4.69, 9.17) is 18.3 Å². The van der Waals surface area contributed by atoms with E-state index in [2.05, 4.69) is 0 Å². The third-order valence-corrected chi connectivity index (χ3v) is 3.92. The van der Waals surface area contributed by atoms with Crippen LogP contribution in [0.5, 0.6) is 0 Å². The zero-order chi connectivity index (χ0) is 11.6. The Kier molecular flexibility index (Phi) is 3.35. The number of phosphoric ester groups is 1. The molecule has 2 bridgehead atoms. The van der Waals surface area contributed by atoms with Gasteiger partial charge in [0.05, 0.1) is 25.2 Å². The van der Waals surface area contributed by atoms with Crippen LogP contribution in [0, 0.1) is 5.41 Å². The van der Waals surface area contributed by atoms with Gasteiger partial charge in [-0.15, -0.1) is 0 Å². The number of carbonyl (C=O) groups excluding carboxylic acids is 1. The molecule has 0 unspecified atom stereocenters. The second-order valence-electron chi connectivity index (χ2n) is 4.18. The van der Waals surface area contributed by atoms with E-state index in [0.717, 1.165) is 6.42 Å². The minimum absolute atomic E-state index is 0.186. The fraction of sp³-hybridized carbons (Fsp3) is 0.889. The van der Waals surface area contributed by atoms with Crippen LogP contribution in [0.15, 0.2) is 0 Å². The highest BCUT2D eigenvalue weighted by Crippen LogP contribution is 2.59. The Balaban J connectivity index is 1.86. The van der Waals surface area contributed by atoms with Gasteiger partial charge in [0.1, 0.15) is 6.61 Å². The standard InChI is InChI=1S/C9H15O6P/c1-2-3-8(10)12-4-9-5-13-16(11,14-6-9)15-7-9/h2-7H2,1H3. The molecule has 0 amide bonds. The lowest BCUT2D eigenvalue weighted by molar-refractivity contribution is -0.160. The number of hydrogen-bond acceptors (Lipinski definition) is 6. The molecule has 3 heterocycles. The molecule has 0 spiro atoms. The fourth-order valence-electron chi connectivity index (χ4n) is 1.52. The van der Waals surface area contributed by atoms with Gasteiger partial charge < -0.3 is 4.74 Å². The summed E-state index contributed by atoms with van der Waals surface area (Å²) in [6.45, 7) is 2.86. The zero-order valence-corrected chi connectivity index (χ0v) is 10.0. The van der Waals surface area contributed by atoms with Crippen molar-refractivity contribution in [1.29, 1.82) is 0 Å². The molecule has 3 fully saturated rings. The van der Waals surface area contributed by atoms with E-state index in [1.807, 2.05) is 6.92 Å². The van der Waals surface area contributed by atoms with E-state index in [9.17, 15) is 9.36 Å². The maximum absolute atomic E-state index is 11.4. The monoisotopic (exact) mass is 250 g/mol. The van der Waals surface area contributed by atoms with E-state index >= 15 is 0 Å². The molecule has 92 valence electrons. The van der Waals surface area contributed by atoms with Crippen LogP contribution < -0.4 is 0 Å². The van der Waals surface area contributed by atoms with E-state index in [1.165, 1.54) is 0 Å². The first kappa shape index (κ1) is 12.0. The molecule has 0 radical (unpaired) electrons. The van der Waals surface area contributed by atoms with Crippen LogP contribution in [-0.2, 0) is 27.7 Å². The molecule has 3 aliphatic rings. The van der Waals surface area contributed by atoms with Gasteiger partial charge in [-0.25, -0.2) is 4.57 Å². The molecule has 0 aromatic rings. The van der Waals surface area contributed by atoms with Gasteiger partial charge in [-0.3, -0.25) is 18.4 Å². The molecule has 3 aliphatic heterocycles. The molecule has 3 rings (SSSR count). The normalized spacial score (nSPS) is 37.3. The maximum Gasteiger partial charge on any atom is 0.474 e. The predicted molar refractivity (Wildman–Crippen MR) is 53.8 cm³/mol. The van der Waals surface area contributed by atoms with Crippen LogP contribution in [0.25, 0.3) is 0 Å². The van der Waals surface area contributed by atoms with Crippen molar-refractivity contribution >= 4 is 13.8 Å². The quantitative estimate of drug-likeness (QED) is 0.556. The number of rotatable bonds is 4. The molecular weight excluding hydrogens is 235 g/mol. The minimum Gasteiger partial charge on any atom is -0.465 e. The summed E-state index contributed by atoms with van der Waals surface area (Å²) in [5.74, 6) is -0.240. The van der Waals surface area contributed by atoms with Gasteiger partial charge >= 0.3 is 13.8 Å². The molecule has 6 nitrogen and oxygen atoms in total. The summed E-state index contributed by atoms with van der Waals surface area (Å²) in [4.78, 5) is 11.2. The summed E-state index contributed by atoms with van der Waals surface area (Å²) < 4.78 is 31.5. The molecule has 0 aromatic heterocycles. The van der Waals surface area contributed by atoms with Gasteiger partial charge in [0, 0.05) is 6.42 Å². The zero-order valence-electron chi connectivity index (χ0n) is 9.14. The fourth-order valence-corrected chi connectivity index (χ4v) is 3.04. The van der Waals surface area contributed by atoms with Crippen molar-refractivity contribution in [2.45, 2.75) is 19.8 Å².